The first kappa shape index (κ1) is 15.3. The van der Waals surface area contributed by atoms with Crippen LogP contribution in [-0.2, 0) is 21.2 Å². The number of carbonyl (C=O) groups excluding carboxylic acids is 1. The summed E-state index contributed by atoms with van der Waals surface area (Å²) < 4.78 is 24.8. The lowest BCUT2D eigenvalue weighted by atomic mass is 10.1. The summed E-state index contributed by atoms with van der Waals surface area (Å²) in [6.07, 6.45) is 2.03. The quantitative estimate of drug-likeness (QED) is 0.882. The highest BCUT2D eigenvalue weighted by Gasteiger charge is 2.30. The Morgan fingerprint density at radius 2 is 2.20 bits per heavy atom. The van der Waals surface area contributed by atoms with Crippen molar-refractivity contribution in [3.63, 3.8) is 0 Å². The Labute approximate surface area is 124 Å². The fourth-order valence-corrected chi connectivity index (χ4v) is 3.30. The van der Waals surface area contributed by atoms with Crippen LogP contribution in [0, 0.1) is 0 Å². The molecule has 1 atom stereocenters. The standard InChI is InChI=1S/C13H17ClN2O3S/c1-20(18,19)15-12-8-13(17)16(9-12)6-5-10-3-2-4-11(14)7-10/h2-4,7,12,15H,5-6,8-9H2,1H3. The molecular formula is C13H17ClN2O3S. The SMILES string of the molecule is CS(=O)(=O)NC1CC(=O)N(CCc2cccc(Cl)c2)C1. The Bertz CT molecular complexity index is 603. The van der Waals surface area contributed by atoms with Gasteiger partial charge in [-0.15, -0.1) is 0 Å². The first-order chi connectivity index (χ1) is 9.33. The molecule has 0 radical (unpaired) electrons. The minimum atomic E-state index is -3.27. The van der Waals surface area contributed by atoms with E-state index in [2.05, 4.69) is 4.72 Å². The lowest BCUT2D eigenvalue weighted by Gasteiger charge is -2.16. The molecule has 2 rings (SSSR count). The Morgan fingerprint density at radius 3 is 2.85 bits per heavy atom. The molecule has 1 aromatic rings. The molecule has 0 bridgehead atoms. The number of rotatable bonds is 5. The van der Waals surface area contributed by atoms with Crippen molar-refractivity contribution < 1.29 is 13.2 Å². The van der Waals surface area contributed by atoms with Gasteiger partial charge in [-0.2, -0.15) is 0 Å². The molecular weight excluding hydrogens is 300 g/mol. The van der Waals surface area contributed by atoms with Crippen molar-refractivity contribution in [2.45, 2.75) is 18.9 Å². The number of hydrogen-bond donors (Lipinski definition) is 1. The Morgan fingerprint density at radius 1 is 1.45 bits per heavy atom. The van der Waals surface area contributed by atoms with Crippen LogP contribution in [0.5, 0.6) is 0 Å². The summed E-state index contributed by atoms with van der Waals surface area (Å²) in [6, 6.07) is 7.18. The van der Waals surface area contributed by atoms with Crippen LogP contribution < -0.4 is 4.72 Å². The first-order valence-corrected chi connectivity index (χ1v) is 8.60. The molecule has 1 aromatic carbocycles. The summed E-state index contributed by atoms with van der Waals surface area (Å²) in [5.41, 5.74) is 1.06. The summed E-state index contributed by atoms with van der Waals surface area (Å²) >= 11 is 5.91. The predicted octanol–water partition coefficient (Wildman–Crippen LogP) is 1.03. The van der Waals surface area contributed by atoms with Crippen molar-refractivity contribution in [1.29, 1.82) is 0 Å². The van der Waals surface area contributed by atoms with E-state index in [0.29, 0.717) is 24.5 Å². The van der Waals surface area contributed by atoms with Gasteiger partial charge in [-0.3, -0.25) is 4.79 Å². The fourth-order valence-electron chi connectivity index (χ4n) is 2.33. The average molecular weight is 317 g/mol. The molecule has 5 nitrogen and oxygen atoms in total. The van der Waals surface area contributed by atoms with Gasteiger partial charge in [0.05, 0.1) is 6.26 Å². The van der Waals surface area contributed by atoms with Gasteiger partial charge in [0, 0.05) is 30.6 Å². The van der Waals surface area contributed by atoms with Crippen LogP contribution in [0.1, 0.15) is 12.0 Å². The molecule has 0 aromatic heterocycles. The molecule has 20 heavy (non-hydrogen) atoms. The van der Waals surface area contributed by atoms with E-state index in [1.165, 1.54) is 0 Å². The molecule has 1 fully saturated rings. The van der Waals surface area contributed by atoms with Gasteiger partial charge in [0.2, 0.25) is 15.9 Å². The second-order valence-electron chi connectivity index (χ2n) is 5.01. The van der Waals surface area contributed by atoms with E-state index in [4.69, 9.17) is 11.6 Å². The van der Waals surface area contributed by atoms with E-state index in [9.17, 15) is 13.2 Å². The number of halogens is 1. The smallest absolute Gasteiger partial charge is 0.224 e. The number of likely N-dealkylation sites (tertiary alicyclic amines) is 1. The van der Waals surface area contributed by atoms with E-state index >= 15 is 0 Å². The van der Waals surface area contributed by atoms with Crippen LogP contribution in [0.15, 0.2) is 24.3 Å². The van der Waals surface area contributed by atoms with E-state index in [1.54, 1.807) is 11.0 Å². The monoisotopic (exact) mass is 316 g/mol. The van der Waals surface area contributed by atoms with Gasteiger partial charge in [-0.05, 0) is 24.1 Å². The number of nitrogens with zero attached hydrogens (tertiary/aromatic N) is 1. The summed E-state index contributed by atoms with van der Waals surface area (Å²) in [6.45, 7) is 0.994. The van der Waals surface area contributed by atoms with Crippen molar-refractivity contribution in [3.8, 4) is 0 Å². The topological polar surface area (TPSA) is 66.5 Å². The van der Waals surface area contributed by atoms with Gasteiger partial charge in [0.1, 0.15) is 0 Å². The van der Waals surface area contributed by atoms with Crippen molar-refractivity contribution >= 4 is 27.5 Å². The minimum Gasteiger partial charge on any atom is -0.341 e. The predicted molar refractivity (Wildman–Crippen MR) is 78.1 cm³/mol. The van der Waals surface area contributed by atoms with Gasteiger partial charge in [0.15, 0.2) is 0 Å². The van der Waals surface area contributed by atoms with Crippen LogP contribution in [0.4, 0.5) is 0 Å². The van der Waals surface area contributed by atoms with E-state index < -0.39 is 10.0 Å². The normalized spacial score (nSPS) is 19.6. The van der Waals surface area contributed by atoms with Gasteiger partial charge in [0.25, 0.3) is 0 Å². The molecule has 0 spiro atoms. The molecule has 1 unspecified atom stereocenters. The zero-order valence-corrected chi connectivity index (χ0v) is 12.7. The highest BCUT2D eigenvalue weighted by molar-refractivity contribution is 7.88. The Hall–Kier alpha value is -1.11. The number of nitrogens with one attached hydrogen (secondary N) is 1. The van der Waals surface area contributed by atoms with Gasteiger partial charge >= 0.3 is 0 Å². The zero-order chi connectivity index (χ0) is 14.8. The summed E-state index contributed by atoms with van der Waals surface area (Å²) in [5.74, 6) is -0.0202. The number of sulfonamides is 1. The summed E-state index contributed by atoms with van der Waals surface area (Å²) in [7, 11) is -3.27. The molecule has 1 aliphatic heterocycles. The lowest BCUT2D eigenvalue weighted by molar-refractivity contribution is -0.127. The van der Waals surface area contributed by atoms with Crippen LogP contribution in [-0.4, -0.2) is 44.6 Å². The third-order valence-electron chi connectivity index (χ3n) is 3.15. The maximum absolute atomic E-state index is 11.8. The average Bonchev–Trinajstić information content (AvgIpc) is 2.64. The van der Waals surface area contributed by atoms with Gasteiger partial charge < -0.3 is 4.90 Å². The number of carbonyl (C=O) groups is 1. The second kappa shape index (κ2) is 6.11. The van der Waals surface area contributed by atoms with E-state index in [-0.39, 0.29) is 18.4 Å². The van der Waals surface area contributed by atoms with Crippen molar-refractivity contribution in [3.05, 3.63) is 34.9 Å². The van der Waals surface area contributed by atoms with Crippen molar-refractivity contribution in [2.24, 2.45) is 0 Å². The number of benzene rings is 1. The Balaban J connectivity index is 1.89. The van der Waals surface area contributed by atoms with Gasteiger partial charge in [-0.1, -0.05) is 23.7 Å². The molecule has 1 amide bonds. The molecule has 7 heteroatoms. The van der Waals surface area contributed by atoms with Crippen LogP contribution in [0.3, 0.4) is 0 Å². The zero-order valence-electron chi connectivity index (χ0n) is 11.2. The summed E-state index contributed by atoms with van der Waals surface area (Å²) in [5, 5.41) is 0.673. The Kier molecular flexibility index (Phi) is 4.67. The molecule has 1 heterocycles. The largest absolute Gasteiger partial charge is 0.341 e. The molecule has 1 saturated heterocycles. The van der Waals surface area contributed by atoms with E-state index in [0.717, 1.165) is 11.8 Å². The maximum Gasteiger partial charge on any atom is 0.224 e. The van der Waals surface area contributed by atoms with Crippen molar-refractivity contribution in [2.75, 3.05) is 19.3 Å². The summed E-state index contributed by atoms with van der Waals surface area (Å²) in [4.78, 5) is 13.5. The lowest BCUT2D eigenvalue weighted by Crippen LogP contribution is -2.36. The maximum atomic E-state index is 11.8. The highest BCUT2D eigenvalue weighted by Crippen LogP contribution is 2.15. The molecule has 1 N–H and O–H groups in total. The van der Waals surface area contributed by atoms with Crippen molar-refractivity contribution in [1.82, 2.24) is 9.62 Å². The minimum absolute atomic E-state index is 0.0202. The molecule has 110 valence electrons. The van der Waals surface area contributed by atoms with Crippen LogP contribution in [0.2, 0.25) is 5.02 Å². The molecule has 0 saturated carbocycles. The molecule has 1 aliphatic rings. The number of amides is 1. The van der Waals surface area contributed by atoms with Crippen LogP contribution in [0.25, 0.3) is 0 Å². The second-order valence-corrected chi connectivity index (χ2v) is 7.23. The number of hydrogen-bond acceptors (Lipinski definition) is 3. The third-order valence-corrected chi connectivity index (χ3v) is 4.15. The molecule has 0 aliphatic carbocycles. The first-order valence-electron chi connectivity index (χ1n) is 6.33. The van der Waals surface area contributed by atoms with Crippen LogP contribution >= 0.6 is 11.6 Å². The third kappa shape index (κ3) is 4.47. The fraction of sp³-hybridized carbons (Fsp3) is 0.462. The van der Waals surface area contributed by atoms with E-state index in [1.807, 2.05) is 18.2 Å². The highest BCUT2D eigenvalue weighted by atomic mass is 35.5. The van der Waals surface area contributed by atoms with Gasteiger partial charge in [-0.25, -0.2) is 13.1 Å².